The molecule has 15 heavy (non-hydrogen) atoms. The molecule has 5 heteroatoms. The van der Waals surface area contributed by atoms with Gasteiger partial charge in [-0.05, 0) is 29.3 Å². The molecule has 1 aromatic rings. The standard InChI is InChI=1S/C10H7NO3S/c12-7-11-6-8-1-2-10-9(5-8)3-4-15(10,13)14/h1-5H,6H2. The first-order valence-corrected chi connectivity index (χ1v) is 5.78. The van der Waals surface area contributed by atoms with E-state index in [4.69, 9.17) is 0 Å². The topological polar surface area (TPSA) is 63.6 Å². The molecule has 1 heterocycles. The van der Waals surface area contributed by atoms with Gasteiger partial charge in [0.2, 0.25) is 6.08 Å². The van der Waals surface area contributed by atoms with Crippen molar-refractivity contribution in [3.8, 4) is 0 Å². The highest BCUT2D eigenvalue weighted by Crippen LogP contribution is 2.27. The van der Waals surface area contributed by atoms with Crippen molar-refractivity contribution in [2.24, 2.45) is 4.99 Å². The molecule has 0 radical (unpaired) electrons. The fourth-order valence-corrected chi connectivity index (χ4v) is 2.63. The van der Waals surface area contributed by atoms with Gasteiger partial charge in [-0.1, -0.05) is 6.07 Å². The molecule has 1 aliphatic rings. The minimum atomic E-state index is -3.23. The van der Waals surface area contributed by atoms with E-state index in [9.17, 15) is 13.2 Å². The quantitative estimate of drug-likeness (QED) is 0.558. The smallest absolute Gasteiger partial charge is 0.219 e. The summed E-state index contributed by atoms with van der Waals surface area (Å²) in [4.78, 5) is 13.6. The maximum absolute atomic E-state index is 11.4. The third-order valence-corrected chi connectivity index (χ3v) is 3.61. The van der Waals surface area contributed by atoms with E-state index in [1.807, 2.05) is 0 Å². The highest BCUT2D eigenvalue weighted by molar-refractivity contribution is 7.94. The van der Waals surface area contributed by atoms with Gasteiger partial charge in [-0.2, -0.15) is 0 Å². The van der Waals surface area contributed by atoms with E-state index in [2.05, 4.69) is 4.99 Å². The molecule has 0 atom stereocenters. The summed E-state index contributed by atoms with van der Waals surface area (Å²) in [5.41, 5.74) is 1.44. The molecule has 1 aliphatic heterocycles. The Balaban J connectivity index is 2.46. The second-order valence-corrected chi connectivity index (χ2v) is 4.93. The minimum Gasteiger partial charge on any atom is -0.219 e. The van der Waals surface area contributed by atoms with Gasteiger partial charge in [-0.3, -0.25) is 0 Å². The number of sulfone groups is 1. The number of hydrogen-bond acceptors (Lipinski definition) is 4. The number of nitrogens with zero attached hydrogens (tertiary/aromatic N) is 1. The van der Waals surface area contributed by atoms with Crippen LogP contribution in [0.25, 0.3) is 6.08 Å². The molecule has 1 aromatic carbocycles. The molecule has 0 fully saturated rings. The van der Waals surface area contributed by atoms with Gasteiger partial charge in [0.05, 0.1) is 11.4 Å². The summed E-state index contributed by atoms with van der Waals surface area (Å²) >= 11 is 0. The van der Waals surface area contributed by atoms with E-state index < -0.39 is 9.84 Å². The second kappa shape index (κ2) is 3.46. The molecule has 0 spiro atoms. The van der Waals surface area contributed by atoms with Crippen LogP contribution < -0.4 is 0 Å². The van der Waals surface area contributed by atoms with Crippen molar-refractivity contribution < 1.29 is 13.2 Å². The van der Waals surface area contributed by atoms with E-state index in [0.717, 1.165) is 5.56 Å². The van der Waals surface area contributed by atoms with Crippen LogP contribution in [0.3, 0.4) is 0 Å². The first-order valence-electron chi connectivity index (χ1n) is 4.23. The lowest BCUT2D eigenvalue weighted by atomic mass is 10.1. The van der Waals surface area contributed by atoms with Crippen molar-refractivity contribution in [3.05, 3.63) is 34.7 Å². The lowest BCUT2D eigenvalue weighted by molar-refractivity contribution is 0.562. The SMILES string of the molecule is O=C=NCc1ccc2c(c1)C=CS2(=O)=O. The van der Waals surface area contributed by atoms with Gasteiger partial charge >= 0.3 is 0 Å². The van der Waals surface area contributed by atoms with E-state index in [1.54, 1.807) is 18.2 Å². The lowest BCUT2D eigenvalue weighted by Gasteiger charge is -2.00. The van der Waals surface area contributed by atoms with Crippen molar-refractivity contribution in [3.63, 3.8) is 0 Å². The summed E-state index contributed by atoms with van der Waals surface area (Å²) < 4.78 is 22.8. The molecule has 2 rings (SSSR count). The summed E-state index contributed by atoms with van der Waals surface area (Å²) in [6, 6.07) is 4.88. The molecule has 0 saturated carbocycles. The van der Waals surface area contributed by atoms with Gasteiger partial charge in [0.1, 0.15) is 0 Å². The van der Waals surface area contributed by atoms with Crippen molar-refractivity contribution in [2.45, 2.75) is 11.4 Å². The molecule has 0 N–H and O–H groups in total. The Kier molecular flexibility index (Phi) is 2.26. The van der Waals surface area contributed by atoms with Crippen LogP contribution in [0.2, 0.25) is 0 Å². The molecule has 0 aromatic heterocycles. The Morgan fingerprint density at radius 3 is 2.87 bits per heavy atom. The zero-order valence-electron chi connectivity index (χ0n) is 7.67. The number of isocyanates is 1. The monoisotopic (exact) mass is 221 g/mol. The molecule has 0 amide bonds. The first-order chi connectivity index (χ1) is 7.13. The number of rotatable bonds is 2. The van der Waals surface area contributed by atoms with Crippen molar-refractivity contribution in [2.75, 3.05) is 0 Å². The molecule has 0 aliphatic carbocycles. The maximum Gasteiger partial charge on any atom is 0.235 e. The molecule has 76 valence electrons. The fraction of sp³-hybridized carbons (Fsp3) is 0.100. The molecular weight excluding hydrogens is 214 g/mol. The Labute approximate surface area is 86.9 Å². The predicted octanol–water partition coefficient (Wildman–Crippen LogP) is 1.28. The van der Waals surface area contributed by atoms with Gasteiger partial charge in [0.25, 0.3) is 0 Å². The number of hydrogen-bond donors (Lipinski definition) is 0. The van der Waals surface area contributed by atoms with Gasteiger partial charge in [0, 0.05) is 5.41 Å². The van der Waals surface area contributed by atoms with Crippen LogP contribution >= 0.6 is 0 Å². The van der Waals surface area contributed by atoms with Crippen molar-refractivity contribution >= 4 is 22.0 Å². The van der Waals surface area contributed by atoms with Crippen LogP contribution in [-0.2, 0) is 21.2 Å². The number of fused-ring (bicyclic) bond motifs is 1. The van der Waals surface area contributed by atoms with E-state index in [0.29, 0.717) is 10.5 Å². The third kappa shape index (κ3) is 1.75. The van der Waals surface area contributed by atoms with Gasteiger partial charge < -0.3 is 0 Å². The van der Waals surface area contributed by atoms with E-state index in [1.165, 1.54) is 17.6 Å². The Morgan fingerprint density at radius 1 is 1.33 bits per heavy atom. The minimum absolute atomic E-state index is 0.227. The Morgan fingerprint density at radius 2 is 2.13 bits per heavy atom. The molecule has 0 saturated heterocycles. The third-order valence-electron chi connectivity index (χ3n) is 2.13. The fourth-order valence-electron chi connectivity index (χ4n) is 1.45. The predicted molar refractivity (Wildman–Crippen MR) is 54.5 cm³/mol. The highest BCUT2D eigenvalue weighted by atomic mass is 32.2. The maximum atomic E-state index is 11.4. The second-order valence-electron chi connectivity index (χ2n) is 3.13. The molecule has 0 unspecified atom stereocenters. The average molecular weight is 221 g/mol. The molecule has 0 bridgehead atoms. The normalized spacial score (nSPS) is 15.7. The van der Waals surface area contributed by atoms with Crippen LogP contribution in [0.15, 0.2) is 33.5 Å². The van der Waals surface area contributed by atoms with Gasteiger partial charge in [-0.15, -0.1) is 0 Å². The summed E-state index contributed by atoms with van der Waals surface area (Å²) in [5.74, 6) is 0. The largest absolute Gasteiger partial charge is 0.235 e. The van der Waals surface area contributed by atoms with Crippen molar-refractivity contribution in [1.29, 1.82) is 0 Å². The Hall–Kier alpha value is -1.71. The lowest BCUT2D eigenvalue weighted by Crippen LogP contribution is -1.94. The van der Waals surface area contributed by atoms with Crippen LogP contribution in [0, 0.1) is 0 Å². The van der Waals surface area contributed by atoms with Crippen LogP contribution in [0.1, 0.15) is 11.1 Å². The van der Waals surface area contributed by atoms with Crippen LogP contribution in [0.4, 0.5) is 0 Å². The van der Waals surface area contributed by atoms with Crippen molar-refractivity contribution in [1.82, 2.24) is 0 Å². The number of aliphatic imine (C=N–C) groups is 1. The number of benzene rings is 1. The zero-order valence-corrected chi connectivity index (χ0v) is 8.49. The highest BCUT2D eigenvalue weighted by Gasteiger charge is 2.20. The van der Waals surface area contributed by atoms with E-state index in [-0.39, 0.29) is 6.54 Å². The summed E-state index contributed by atoms with van der Waals surface area (Å²) in [6.07, 6.45) is 2.98. The number of carbonyl (C=O) groups excluding carboxylic acids is 1. The van der Waals surface area contributed by atoms with Gasteiger partial charge in [0.15, 0.2) is 9.84 Å². The van der Waals surface area contributed by atoms with E-state index >= 15 is 0 Å². The molecular formula is C10H7NO3S. The van der Waals surface area contributed by atoms with Crippen LogP contribution in [0.5, 0.6) is 0 Å². The average Bonchev–Trinajstić information content (AvgIpc) is 2.52. The summed E-state index contributed by atoms with van der Waals surface area (Å²) in [7, 11) is -3.23. The summed E-state index contributed by atoms with van der Waals surface area (Å²) in [6.45, 7) is 0.227. The summed E-state index contributed by atoms with van der Waals surface area (Å²) in [5, 5.41) is 1.17. The van der Waals surface area contributed by atoms with Gasteiger partial charge in [-0.25, -0.2) is 18.2 Å². The molecule has 4 nitrogen and oxygen atoms in total. The first kappa shape index (κ1) is 9.83. The van der Waals surface area contributed by atoms with Crippen LogP contribution in [-0.4, -0.2) is 14.5 Å². The Bertz CT molecular complexity index is 581. The zero-order chi connectivity index (χ0) is 10.9.